The molecule has 1 aromatic heterocycles. The molecule has 1 aromatic carbocycles. The molecule has 0 saturated carbocycles. The highest BCUT2D eigenvalue weighted by atomic mass is 32.1. The number of nitrogens with one attached hydrogen (secondary N) is 1. The summed E-state index contributed by atoms with van der Waals surface area (Å²) in [6.07, 6.45) is -0.483. The van der Waals surface area contributed by atoms with Gasteiger partial charge in [-0.1, -0.05) is 30.3 Å². The summed E-state index contributed by atoms with van der Waals surface area (Å²) < 4.78 is 5.07. The third kappa shape index (κ3) is 3.29. The molecule has 88 valence electrons. The topological polar surface area (TPSA) is 51.2 Å². The zero-order valence-corrected chi connectivity index (χ0v) is 10.2. The average Bonchev–Trinajstić information content (AvgIpc) is 2.74. The third-order valence-electron chi connectivity index (χ3n) is 2.18. The van der Waals surface area contributed by atoms with Gasteiger partial charge in [0.15, 0.2) is 0 Å². The molecule has 0 spiro atoms. The van der Waals surface area contributed by atoms with Gasteiger partial charge < -0.3 is 4.74 Å². The number of benzene rings is 1. The van der Waals surface area contributed by atoms with Gasteiger partial charge in [0.1, 0.15) is 12.4 Å². The van der Waals surface area contributed by atoms with Crippen LogP contribution in [0.3, 0.4) is 0 Å². The Morgan fingerprint density at radius 2 is 2.18 bits per heavy atom. The molecule has 1 N–H and O–H groups in total. The first kappa shape index (κ1) is 11.6. The molecule has 0 aliphatic rings. The summed E-state index contributed by atoms with van der Waals surface area (Å²) in [5.41, 5.74) is 2.64. The van der Waals surface area contributed by atoms with Crippen LogP contribution in [-0.4, -0.2) is 11.1 Å². The van der Waals surface area contributed by atoms with Gasteiger partial charge in [-0.25, -0.2) is 9.78 Å². The van der Waals surface area contributed by atoms with E-state index in [1.165, 1.54) is 11.3 Å². The highest BCUT2D eigenvalue weighted by molar-refractivity contribution is 7.10. The average molecular weight is 248 g/mol. The van der Waals surface area contributed by atoms with E-state index in [1.807, 2.05) is 37.3 Å². The number of amides is 1. The fourth-order valence-electron chi connectivity index (χ4n) is 1.28. The summed E-state index contributed by atoms with van der Waals surface area (Å²) in [5, 5.41) is 2.60. The van der Waals surface area contributed by atoms with Crippen LogP contribution in [0.1, 0.15) is 10.4 Å². The van der Waals surface area contributed by atoms with Crippen molar-refractivity contribution in [1.82, 2.24) is 4.98 Å². The number of aromatic nitrogens is 1. The van der Waals surface area contributed by atoms with E-state index in [0.29, 0.717) is 5.82 Å². The van der Waals surface area contributed by atoms with Gasteiger partial charge in [0, 0.05) is 4.88 Å². The minimum atomic E-state index is -0.483. The Morgan fingerprint density at radius 3 is 2.82 bits per heavy atom. The van der Waals surface area contributed by atoms with Gasteiger partial charge >= 0.3 is 6.09 Å². The van der Waals surface area contributed by atoms with Crippen molar-refractivity contribution in [3.63, 3.8) is 0 Å². The molecule has 0 aliphatic carbocycles. The van der Waals surface area contributed by atoms with Gasteiger partial charge in [-0.3, -0.25) is 5.32 Å². The molecule has 1 amide bonds. The molecule has 2 rings (SSSR count). The third-order valence-corrected chi connectivity index (χ3v) is 2.94. The van der Waals surface area contributed by atoms with Crippen LogP contribution in [0.2, 0.25) is 0 Å². The first-order valence-corrected chi connectivity index (χ1v) is 6.01. The Bertz CT molecular complexity index is 496. The molecular formula is C12H12N2O2S. The van der Waals surface area contributed by atoms with Crippen molar-refractivity contribution in [1.29, 1.82) is 0 Å². The number of hydrogen-bond donors (Lipinski definition) is 1. The predicted octanol–water partition coefficient (Wildman–Crippen LogP) is 3.20. The number of anilines is 1. The molecule has 4 nitrogen and oxygen atoms in total. The van der Waals surface area contributed by atoms with Crippen molar-refractivity contribution >= 4 is 23.2 Å². The molecule has 17 heavy (non-hydrogen) atoms. The first-order valence-electron chi connectivity index (χ1n) is 5.13. The monoisotopic (exact) mass is 248 g/mol. The predicted molar refractivity (Wildman–Crippen MR) is 67.1 cm³/mol. The van der Waals surface area contributed by atoms with Crippen LogP contribution in [0.25, 0.3) is 0 Å². The molecule has 0 fully saturated rings. The molecule has 2 aromatic rings. The summed E-state index contributed by atoms with van der Waals surface area (Å²) in [6.45, 7) is 2.15. The Morgan fingerprint density at radius 1 is 1.41 bits per heavy atom. The lowest BCUT2D eigenvalue weighted by molar-refractivity contribution is 0.155. The van der Waals surface area contributed by atoms with Gasteiger partial charge in [-0.05, 0) is 12.5 Å². The Hall–Kier alpha value is -1.88. The number of aryl methyl sites for hydroxylation is 1. The number of carbonyl (C=O) groups excluding carboxylic acids is 1. The lowest BCUT2D eigenvalue weighted by Gasteiger charge is -2.05. The largest absolute Gasteiger partial charge is 0.444 e. The molecule has 5 heteroatoms. The number of nitrogens with zero attached hydrogens (tertiary/aromatic N) is 1. The van der Waals surface area contributed by atoms with Gasteiger partial charge in [-0.15, -0.1) is 11.3 Å². The van der Waals surface area contributed by atoms with Gasteiger partial charge in [-0.2, -0.15) is 0 Å². The molecule has 1 heterocycles. The van der Waals surface area contributed by atoms with Crippen LogP contribution in [0.4, 0.5) is 10.6 Å². The Balaban J connectivity index is 1.85. The number of hydrogen-bond acceptors (Lipinski definition) is 4. The molecule has 0 aliphatic heterocycles. The van der Waals surface area contributed by atoms with E-state index in [-0.39, 0.29) is 6.61 Å². The SMILES string of the molecule is Cc1scnc1NC(=O)OCc1ccccc1. The van der Waals surface area contributed by atoms with Crippen LogP contribution < -0.4 is 5.32 Å². The van der Waals surface area contributed by atoms with Crippen LogP contribution in [-0.2, 0) is 11.3 Å². The van der Waals surface area contributed by atoms with Crippen molar-refractivity contribution in [2.75, 3.05) is 5.32 Å². The number of rotatable bonds is 3. The maximum absolute atomic E-state index is 11.5. The molecule has 0 unspecified atom stereocenters. The van der Waals surface area contributed by atoms with Crippen molar-refractivity contribution in [3.8, 4) is 0 Å². The van der Waals surface area contributed by atoms with E-state index in [0.717, 1.165) is 10.4 Å². The second-order valence-electron chi connectivity index (χ2n) is 3.44. The van der Waals surface area contributed by atoms with E-state index in [4.69, 9.17) is 4.74 Å². The summed E-state index contributed by atoms with van der Waals surface area (Å²) in [4.78, 5) is 16.4. The quantitative estimate of drug-likeness (QED) is 0.907. The van der Waals surface area contributed by atoms with Gasteiger partial charge in [0.25, 0.3) is 0 Å². The highest BCUT2D eigenvalue weighted by Crippen LogP contribution is 2.16. The van der Waals surface area contributed by atoms with Crippen LogP contribution >= 0.6 is 11.3 Å². The van der Waals surface area contributed by atoms with E-state index in [9.17, 15) is 4.79 Å². The molecular weight excluding hydrogens is 236 g/mol. The summed E-state index contributed by atoms with van der Waals surface area (Å²) >= 11 is 1.48. The van der Waals surface area contributed by atoms with Crippen LogP contribution in [0.15, 0.2) is 35.8 Å². The van der Waals surface area contributed by atoms with Crippen LogP contribution in [0, 0.1) is 6.92 Å². The summed E-state index contributed by atoms with van der Waals surface area (Å²) in [5.74, 6) is 0.563. The second kappa shape index (κ2) is 5.45. The van der Waals surface area contributed by atoms with E-state index in [1.54, 1.807) is 5.51 Å². The van der Waals surface area contributed by atoms with Crippen LogP contribution in [0.5, 0.6) is 0 Å². The highest BCUT2D eigenvalue weighted by Gasteiger charge is 2.07. The zero-order valence-electron chi connectivity index (χ0n) is 9.34. The van der Waals surface area contributed by atoms with Crippen molar-refractivity contribution in [2.24, 2.45) is 0 Å². The minimum Gasteiger partial charge on any atom is -0.444 e. The standard InChI is InChI=1S/C12H12N2O2S/c1-9-11(13-8-17-9)14-12(15)16-7-10-5-3-2-4-6-10/h2-6,8H,7H2,1H3,(H,14,15). The fraction of sp³-hybridized carbons (Fsp3) is 0.167. The maximum atomic E-state index is 11.5. The van der Waals surface area contributed by atoms with E-state index >= 15 is 0 Å². The lowest BCUT2D eigenvalue weighted by atomic mass is 10.2. The number of ether oxygens (including phenoxy) is 1. The zero-order chi connectivity index (χ0) is 12.1. The summed E-state index contributed by atoms with van der Waals surface area (Å²) in [6, 6.07) is 9.54. The normalized spacial score (nSPS) is 9.94. The fourth-order valence-corrected chi connectivity index (χ4v) is 1.81. The Kier molecular flexibility index (Phi) is 3.72. The minimum absolute atomic E-state index is 0.260. The molecule has 0 atom stereocenters. The van der Waals surface area contributed by atoms with Crippen molar-refractivity contribution < 1.29 is 9.53 Å². The smallest absolute Gasteiger partial charge is 0.413 e. The number of carbonyl (C=O) groups is 1. The van der Waals surface area contributed by atoms with E-state index in [2.05, 4.69) is 10.3 Å². The molecule has 0 radical (unpaired) electrons. The van der Waals surface area contributed by atoms with Gasteiger partial charge in [0.2, 0.25) is 0 Å². The maximum Gasteiger partial charge on any atom is 0.413 e. The van der Waals surface area contributed by atoms with Gasteiger partial charge in [0.05, 0.1) is 5.51 Å². The summed E-state index contributed by atoms with van der Waals surface area (Å²) in [7, 11) is 0. The Labute approximate surface area is 103 Å². The van der Waals surface area contributed by atoms with E-state index < -0.39 is 6.09 Å². The lowest BCUT2D eigenvalue weighted by Crippen LogP contribution is -2.14. The van der Waals surface area contributed by atoms with Crippen molar-refractivity contribution in [2.45, 2.75) is 13.5 Å². The molecule has 0 saturated heterocycles. The molecule has 0 bridgehead atoms. The second-order valence-corrected chi connectivity index (χ2v) is 4.50. The first-order chi connectivity index (χ1) is 8.25. The van der Waals surface area contributed by atoms with Crippen molar-refractivity contribution in [3.05, 3.63) is 46.3 Å². The number of thiazole rings is 1.